The smallest absolute Gasteiger partial charge is 0.255 e. The molecule has 8 nitrogen and oxygen atoms in total. The molecule has 0 saturated carbocycles. The number of carbonyl (C=O) groups excluding carboxylic acids is 1. The van der Waals surface area contributed by atoms with Gasteiger partial charge >= 0.3 is 0 Å². The molecule has 30 heavy (non-hydrogen) atoms. The van der Waals surface area contributed by atoms with Crippen molar-refractivity contribution in [3.05, 3.63) is 48.0 Å². The number of sulfone groups is 1. The first-order valence-corrected chi connectivity index (χ1v) is 11.9. The monoisotopic (exact) mass is 447 g/mol. The summed E-state index contributed by atoms with van der Waals surface area (Å²) in [5.74, 6) is 1.15. The average Bonchev–Trinajstić information content (AvgIpc) is 3.20. The molecule has 2 aromatic rings. The maximum Gasteiger partial charge on any atom is 0.255 e. The molecule has 1 amide bonds. The van der Waals surface area contributed by atoms with Crippen molar-refractivity contribution in [2.45, 2.75) is 11.3 Å². The zero-order valence-electron chi connectivity index (χ0n) is 16.4. The van der Waals surface area contributed by atoms with E-state index in [1.165, 1.54) is 18.9 Å². The van der Waals surface area contributed by atoms with Gasteiger partial charge in [-0.05, 0) is 36.4 Å². The lowest BCUT2D eigenvalue weighted by atomic mass is 10.2. The maximum atomic E-state index is 12.6. The summed E-state index contributed by atoms with van der Waals surface area (Å²) in [6.45, 7) is 0. The lowest BCUT2D eigenvalue weighted by molar-refractivity contribution is 0.102. The molecule has 2 heterocycles. The van der Waals surface area contributed by atoms with Gasteiger partial charge in [-0.3, -0.25) is 9.79 Å². The minimum absolute atomic E-state index is 0.0135. The summed E-state index contributed by atoms with van der Waals surface area (Å²) in [6, 6.07) is 12.0. The van der Waals surface area contributed by atoms with E-state index in [9.17, 15) is 13.2 Å². The number of rotatable bonds is 5. The van der Waals surface area contributed by atoms with Crippen LogP contribution in [0.1, 0.15) is 10.4 Å². The van der Waals surface area contributed by atoms with Crippen LogP contribution in [0.15, 0.2) is 47.5 Å². The molecule has 0 radical (unpaired) electrons. The van der Waals surface area contributed by atoms with Crippen molar-refractivity contribution >= 4 is 44.0 Å². The molecule has 158 valence electrons. The fourth-order valence-electron chi connectivity index (χ4n) is 3.35. The van der Waals surface area contributed by atoms with Crippen LogP contribution in [0.3, 0.4) is 0 Å². The molecule has 1 fully saturated rings. The summed E-state index contributed by atoms with van der Waals surface area (Å²) in [5, 5.41) is 6.72. The second kappa shape index (κ2) is 8.19. The van der Waals surface area contributed by atoms with Gasteiger partial charge in [0.2, 0.25) is 0 Å². The molecule has 10 heteroatoms. The van der Waals surface area contributed by atoms with Gasteiger partial charge in [-0.2, -0.15) is 0 Å². The van der Waals surface area contributed by atoms with Crippen LogP contribution in [0.2, 0.25) is 0 Å². The van der Waals surface area contributed by atoms with Crippen LogP contribution < -0.4 is 20.1 Å². The normalized spacial score (nSPS) is 21.5. The van der Waals surface area contributed by atoms with E-state index in [1.54, 1.807) is 49.6 Å². The van der Waals surface area contributed by atoms with Crippen LogP contribution in [-0.4, -0.2) is 56.5 Å². The van der Waals surface area contributed by atoms with Gasteiger partial charge in [0.1, 0.15) is 11.5 Å². The number of benzene rings is 2. The predicted molar refractivity (Wildman–Crippen MR) is 119 cm³/mol. The summed E-state index contributed by atoms with van der Waals surface area (Å²) >= 11 is 1.45. The largest absolute Gasteiger partial charge is 0.497 e. The van der Waals surface area contributed by atoms with Crippen LogP contribution >= 0.6 is 11.8 Å². The number of fused-ring (bicyclic) bond motifs is 1. The van der Waals surface area contributed by atoms with Crippen molar-refractivity contribution < 1.29 is 22.7 Å². The number of ether oxygens (including phenoxy) is 2. The number of aliphatic imine (C=N–C) groups is 1. The van der Waals surface area contributed by atoms with Crippen molar-refractivity contribution in [1.29, 1.82) is 0 Å². The van der Waals surface area contributed by atoms with Gasteiger partial charge in [0.05, 0.1) is 37.5 Å². The summed E-state index contributed by atoms with van der Waals surface area (Å²) in [6.07, 6.45) is 0. The van der Waals surface area contributed by atoms with E-state index in [4.69, 9.17) is 9.47 Å². The number of thioether (sulfide) groups is 1. The highest BCUT2D eigenvalue weighted by molar-refractivity contribution is 8.15. The van der Waals surface area contributed by atoms with Crippen LogP contribution in [-0.2, 0) is 9.84 Å². The van der Waals surface area contributed by atoms with Crippen molar-refractivity contribution in [3.63, 3.8) is 0 Å². The average molecular weight is 448 g/mol. The number of hydrogen-bond acceptors (Lipinski definition) is 8. The van der Waals surface area contributed by atoms with E-state index < -0.39 is 9.84 Å². The van der Waals surface area contributed by atoms with Crippen LogP contribution in [0.5, 0.6) is 11.5 Å². The summed E-state index contributed by atoms with van der Waals surface area (Å²) in [5.41, 5.74) is 1.77. The number of anilines is 2. The standard InChI is InChI=1S/C20H21N3O5S2/c1-27-14-7-8-17(28-2)15(9-14)22-19(24)12-3-5-13(6-4-12)21-20-23-16-10-30(25,26)11-18(16)29-20/h3-9,16,18H,10-11H2,1-2H3,(H,21,23)(H,22,24)/t16-,18-/m0/s1. The molecule has 1 saturated heterocycles. The summed E-state index contributed by atoms with van der Waals surface area (Å²) < 4.78 is 33.8. The molecular formula is C20H21N3O5S2. The zero-order valence-corrected chi connectivity index (χ0v) is 18.0. The van der Waals surface area contributed by atoms with Gasteiger partial charge in [0, 0.05) is 22.6 Å². The second-order valence-electron chi connectivity index (χ2n) is 6.96. The topological polar surface area (TPSA) is 106 Å². The Morgan fingerprint density at radius 3 is 2.53 bits per heavy atom. The van der Waals surface area contributed by atoms with Crippen molar-refractivity contribution in [2.24, 2.45) is 4.99 Å². The number of amidine groups is 1. The Hall–Kier alpha value is -2.72. The number of methoxy groups -OCH3 is 2. The molecule has 4 rings (SSSR count). The third kappa shape index (κ3) is 4.39. The fourth-order valence-corrected chi connectivity index (χ4v) is 7.03. The summed E-state index contributed by atoms with van der Waals surface area (Å²) in [4.78, 5) is 17.1. The SMILES string of the molecule is COc1ccc(OC)c(NC(=O)c2ccc(NC3=N[C@H]4CS(=O)(=O)C[C@@H]4S3)cc2)c1. The van der Waals surface area contributed by atoms with Crippen molar-refractivity contribution in [2.75, 3.05) is 36.4 Å². The second-order valence-corrected chi connectivity index (χ2v) is 10.3. The lowest BCUT2D eigenvalue weighted by Gasteiger charge is -2.12. The zero-order chi connectivity index (χ0) is 21.3. The third-order valence-electron chi connectivity index (χ3n) is 4.87. The Labute approximate surface area is 179 Å². The van der Waals surface area contributed by atoms with Gasteiger partial charge in [0.25, 0.3) is 5.91 Å². The van der Waals surface area contributed by atoms with E-state index in [2.05, 4.69) is 15.6 Å². The Morgan fingerprint density at radius 1 is 1.10 bits per heavy atom. The van der Waals surface area contributed by atoms with Crippen molar-refractivity contribution in [1.82, 2.24) is 0 Å². The third-order valence-corrected chi connectivity index (χ3v) is 8.01. The quantitative estimate of drug-likeness (QED) is 0.726. The molecule has 2 N–H and O–H groups in total. The molecule has 0 unspecified atom stereocenters. The number of amides is 1. The molecule has 0 bridgehead atoms. The number of nitrogens with zero attached hydrogens (tertiary/aromatic N) is 1. The number of hydrogen-bond donors (Lipinski definition) is 2. The Morgan fingerprint density at radius 2 is 1.87 bits per heavy atom. The molecule has 0 aliphatic carbocycles. The highest BCUT2D eigenvalue weighted by atomic mass is 32.2. The van der Waals surface area contributed by atoms with E-state index in [0.29, 0.717) is 27.9 Å². The van der Waals surface area contributed by atoms with Gasteiger partial charge in [-0.15, -0.1) is 0 Å². The predicted octanol–water partition coefficient (Wildman–Crippen LogP) is 2.64. The van der Waals surface area contributed by atoms with Crippen molar-refractivity contribution in [3.8, 4) is 11.5 Å². The minimum Gasteiger partial charge on any atom is -0.497 e. The fraction of sp³-hybridized carbons (Fsp3) is 0.300. The number of carbonyl (C=O) groups is 1. The van der Waals surface area contributed by atoms with Crippen LogP contribution in [0.4, 0.5) is 11.4 Å². The van der Waals surface area contributed by atoms with E-state index in [1.807, 2.05) is 0 Å². The van der Waals surface area contributed by atoms with Gasteiger partial charge in [-0.25, -0.2) is 8.42 Å². The maximum absolute atomic E-state index is 12.6. The van der Waals surface area contributed by atoms with Gasteiger partial charge in [0.15, 0.2) is 15.0 Å². The highest BCUT2D eigenvalue weighted by Gasteiger charge is 2.42. The van der Waals surface area contributed by atoms with E-state index >= 15 is 0 Å². The van der Waals surface area contributed by atoms with Gasteiger partial charge in [-0.1, -0.05) is 11.8 Å². The highest BCUT2D eigenvalue weighted by Crippen LogP contribution is 2.34. The number of nitrogens with one attached hydrogen (secondary N) is 2. The minimum atomic E-state index is -2.97. The first-order valence-electron chi connectivity index (χ1n) is 9.22. The first-order chi connectivity index (χ1) is 14.4. The Kier molecular flexibility index (Phi) is 5.61. The van der Waals surface area contributed by atoms with E-state index in [0.717, 1.165) is 5.69 Å². The molecular weight excluding hydrogens is 426 g/mol. The lowest BCUT2D eigenvalue weighted by Crippen LogP contribution is -2.13. The molecule has 2 atom stereocenters. The molecule has 2 aromatic carbocycles. The first kappa shape index (κ1) is 20.5. The molecule has 2 aliphatic heterocycles. The Balaban J connectivity index is 1.41. The Bertz CT molecular complexity index is 1100. The van der Waals surface area contributed by atoms with E-state index in [-0.39, 0.29) is 28.7 Å². The van der Waals surface area contributed by atoms with Crippen LogP contribution in [0, 0.1) is 0 Å². The molecule has 2 aliphatic rings. The van der Waals surface area contributed by atoms with Crippen LogP contribution in [0.25, 0.3) is 0 Å². The van der Waals surface area contributed by atoms with Gasteiger partial charge < -0.3 is 20.1 Å². The molecule has 0 spiro atoms. The molecule has 0 aromatic heterocycles. The summed E-state index contributed by atoms with van der Waals surface area (Å²) in [7, 11) is 0.117.